The molecule has 1 atom stereocenters. The number of carbonyl (C=O) groups is 1. The number of aromatic nitrogens is 2. The monoisotopic (exact) mass is 340 g/mol. The highest BCUT2D eigenvalue weighted by molar-refractivity contribution is 7.91. The van der Waals surface area contributed by atoms with Gasteiger partial charge in [0.2, 0.25) is 5.95 Å². The summed E-state index contributed by atoms with van der Waals surface area (Å²) in [6, 6.07) is -0.0886. The molecular weight excluding hydrogens is 316 g/mol. The molecule has 1 saturated heterocycles. The summed E-state index contributed by atoms with van der Waals surface area (Å²) < 4.78 is 23.3. The Morgan fingerprint density at radius 2 is 1.78 bits per heavy atom. The van der Waals surface area contributed by atoms with Gasteiger partial charge >= 0.3 is 0 Å². The lowest BCUT2D eigenvalue weighted by atomic mass is 10.2. The summed E-state index contributed by atoms with van der Waals surface area (Å²) in [6.45, 7) is 7.70. The lowest BCUT2D eigenvalue weighted by molar-refractivity contribution is 0.0772. The van der Waals surface area contributed by atoms with Gasteiger partial charge in [-0.3, -0.25) is 4.79 Å². The minimum Gasteiger partial charge on any atom is -0.339 e. The van der Waals surface area contributed by atoms with Gasteiger partial charge in [0.05, 0.1) is 17.1 Å². The van der Waals surface area contributed by atoms with Gasteiger partial charge in [-0.05, 0) is 27.2 Å². The Morgan fingerprint density at radius 3 is 2.22 bits per heavy atom. The molecule has 2 heterocycles. The van der Waals surface area contributed by atoms with Gasteiger partial charge in [-0.2, -0.15) is 0 Å². The van der Waals surface area contributed by atoms with Crippen molar-refractivity contribution in [3.63, 3.8) is 0 Å². The molecule has 0 radical (unpaired) electrons. The number of carbonyl (C=O) groups excluding carboxylic acids is 1. The van der Waals surface area contributed by atoms with E-state index in [1.165, 1.54) is 12.4 Å². The average molecular weight is 340 g/mol. The van der Waals surface area contributed by atoms with Gasteiger partial charge < -0.3 is 9.80 Å². The van der Waals surface area contributed by atoms with Gasteiger partial charge in [-0.15, -0.1) is 0 Å². The Balaban J connectivity index is 2.16. The Kier molecular flexibility index (Phi) is 5.56. The fourth-order valence-corrected chi connectivity index (χ4v) is 4.59. The Bertz CT molecular complexity index is 641. The summed E-state index contributed by atoms with van der Waals surface area (Å²) in [5.74, 6) is 0.746. The molecule has 1 aromatic heterocycles. The molecule has 0 spiro atoms. The molecule has 0 N–H and O–H groups in total. The first kappa shape index (κ1) is 17.7. The first-order chi connectivity index (χ1) is 10.9. The predicted octanol–water partition coefficient (Wildman–Crippen LogP) is 0.972. The maximum Gasteiger partial charge on any atom is 0.256 e. The van der Waals surface area contributed by atoms with Gasteiger partial charge in [-0.1, -0.05) is 0 Å². The van der Waals surface area contributed by atoms with E-state index in [0.717, 1.165) is 0 Å². The fraction of sp³-hybridized carbons (Fsp3) is 0.667. The average Bonchev–Trinajstić information content (AvgIpc) is 2.89. The normalized spacial score (nSPS) is 19.5. The maximum atomic E-state index is 12.3. The van der Waals surface area contributed by atoms with Gasteiger partial charge in [-0.25, -0.2) is 18.4 Å². The first-order valence-electron chi connectivity index (χ1n) is 8.00. The van der Waals surface area contributed by atoms with Crippen molar-refractivity contribution in [1.82, 2.24) is 14.9 Å². The zero-order valence-corrected chi connectivity index (χ0v) is 14.7. The number of amides is 1. The highest BCUT2D eigenvalue weighted by atomic mass is 32.2. The first-order valence-corrected chi connectivity index (χ1v) is 9.82. The van der Waals surface area contributed by atoms with Crippen LogP contribution in [0, 0.1) is 0 Å². The van der Waals surface area contributed by atoms with E-state index in [0.29, 0.717) is 37.6 Å². The second-order valence-corrected chi connectivity index (χ2v) is 7.82. The number of anilines is 1. The van der Waals surface area contributed by atoms with Crippen LogP contribution in [-0.2, 0) is 9.84 Å². The Labute approximate surface area is 137 Å². The zero-order valence-electron chi connectivity index (χ0n) is 13.9. The minimum atomic E-state index is -2.96. The molecule has 8 heteroatoms. The van der Waals surface area contributed by atoms with Crippen LogP contribution in [0.25, 0.3) is 0 Å². The molecule has 1 fully saturated rings. The second-order valence-electron chi connectivity index (χ2n) is 5.59. The number of sulfone groups is 1. The molecule has 23 heavy (non-hydrogen) atoms. The van der Waals surface area contributed by atoms with Crippen molar-refractivity contribution >= 4 is 21.7 Å². The standard InChI is InChI=1S/C15H24N4O3S/c1-4-18(5-2)14(20)12-9-16-15(17-10-12)19(6-3)13-7-8-23(21,22)11-13/h9-10,13H,4-8,11H2,1-3H3. The van der Waals surface area contributed by atoms with Crippen LogP contribution in [0.4, 0.5) is 5.95 Å². The van der Waals surface area contributed by atoms with Crippen LogP contribution in [-0.4, -0.2) is 66.4 Å². The van der Waals surface area contributed by atoms with Crippen molar-refractivity contribution in [2.24, 2.45) is 0 Å². The van der Waals surface area contributed by atoms with Crippen molar-refractivity contribution < 1.29 is 13.2 Å². The number of rotatable bonds is 6. The molecule has 7 nitrogen and oxygen atoms in total. The molecular formula is C15H24N4O3S. The molecule has 1 aromatic rings. The van der Waals surface area contributed by atoms with E-state index in [9.17, 15) is 13.2 Å². The van der Waals surface area contributed by atoms with Crippen LogP contribution in [0.15, 0.2) is 12.4 Å². The molecule has 1 unspecified atom stereocenters. The van der Waals surface area contributed by atoms with E-state index >= 15 is 0 Å². The van der Waals surface area contributed by atoms with Crippen LogP contribution in [0.3, 0.4) is 0 Å². The molecule has 128 valence electrons. The third-order valence-electron chi connectivity index (χ3n) is 4.18. The number of hydrogen-bond donors (Lipinski definition) is 0. The van der Waals surface area contributed by atoms with Crippen molar-refractivity contribution in [3.05, 3.63) is 18.0 Å². The topological polar surface area (TPSA) is 83.5 Å². The van der Waals surface area contributed by atoms with Gasteiger partial charge in [0.1, 0.15) is 0 Å². The minimum absolute atomic E-state index is 0.0886. The highest BCUT2D eigenvalue weighted by Crippen LogP contribution is 2.21. The number of hydrogen-bond acceptors (Lipinski definition) is 6. The summed E-state index contributed by atoms with van der Waals surface area (Å²) in [4.78, 5) is 24.4. The smallest absolute Gasteiger partial charge is 0.256 e. The molecule has 1 amide bonds. The van der Waals surface area contributed by atoms with Crippen LogP contribution >= 0.6 is 0 Å². The SMILES string of the molecule is CCN(CC)C(=O)c1cnc(N(CC)C2CCS(=O)(=O)C2)nc1. The predicted molar refractivity (Wildman–Crippen MR) is 89.4 cm³/mol. The van der Waals surface area contributed by atoms with E-state index in [4.69, 9.17) is 0 Å². The molecule has 1 aliphatic heterocycles. The molecule has 2 rings (SSSR count). The number of nitrogens with zero attached hydrogens (tertiary/aromatic N) is 4. The lowest BCUT2D eigenvalue weighted by Crippen LogP contribution is -2.37. The second kappa shape index (κ2) is 7.25. The van der Waals surface area contributed by atoms with Crippen molar-refractivity contribution in [2.45, 2.75) is 33.2 Å². The quantitative estimate of drug-likeness (QED) is 0.767. The third-order valence-corrected chi connectivity index (χ3v) is 5.93. The molecule has 0 saturated carbocycles. The van der Waals surface area contributed by atoms with Crippen molar-refractivity contribution in [2.75, 3.05) is 36.0 Å². The van der Waals surface area contributed by atoms with Crippen molar-refractivity contribution in [1.29, 1.82) is 0 Å². The fourth-order valence-electron chi connectivity index (χ4n) is 2.86. The summed E-state index contributed by atoms with van der Waals surface area (Å²) in [5, 5.41) is 0. The summed E-state index contributed by atoms with van der Waals surface area (Å²) in [5.41, 5.74) is 0.451. The van der Waals surface area contributed by atoms with Crippen molar-refractivity contribution in [3.8, 4) is 0 Å². The summed E-state index contributed by atoms with van der Waals surface area (Å²) >= 11 is 0. The maximum absolute atomic E-state index is 12.3. The Hall–Kier alpha value is -1.70. The molecule has 1 aliphatic rings. The van der Waals surface area contributed by atoms with E-state index in [-0.39, 0.29) is 23.5 Å². The van der Waals surface area contributed by atoms with E-state index in [1.54, 1.807) is 4.90 Å². The largest absolute Gasteiger partial charge is 0.339 e. The molecule has 0 aliphatic carbocycles. The molecule has 0 bridgehead atoms. The van der Waals surface area contributed by atoms with E-state index in [1.807, 2.05) is 25.7 Å². The van der Waals surface area contributed by atoms with Gasteiger partial charge in [0.15, 0.2) is 9.84 Å². The lowest BCUT2D eigenvalue weighted by Gasteiger charge is -2.26. The Morgan fingerprint density at radius 1 is 1.17 bits per heavy atom. The van der Waals surface area contributed by atoms with E-state index < -0.39 is 9.84 Å². The van der Waals surface area contributed by atoms with Crippen LogP contribution < -0.4 is 4.90 Å². The third kappa shape index (κ3) is 3.99. The highest BCUT2D eigenvalue weighted by Gasteiger charge is 2.32. The van der Waals surface area contributed by atoms with Crippen LogP contribution in [0.2, 0.25) is 0 Å². The van der Waals surface area contributed by atoms with E-state index in [2.05, 4.69) is 9.97 Å². The zero-order chi connectivity index (χ0) is 17.0. The molecule has 0 aromatic carbocycles. The van der Waals surface area contributed by atoms with Crippen LogP contribution in [0.1, 0.15) is 37.6 Å². The van der Waals surface area contributed by atoms with Gasteiger partial charge in [0, 0.05) is 38.1 Å². The van der Waals surface area contributed by atoms with Gasteiger partial charge in [0.25, 0.3) is 5.91 Å². The summed E-state index contributed by atoms with van der Waals surface area (Å²) in [7, 11) is -2.96. The summed E-state index contributed by atoms with van der Waals surface area (Å²) in [6.07, 6.45) is 3.64. The van der Waals surface area contributed by atoms with Crippen LogP contribution in [0.5, 0.6) is 0 Å².